The van der Waals surface area contributed by atoms with Crippen molar-refractivity contribution in [3.63, 3.8) is 0 Å². The van der Waals surface area contributed by atoms with Crippen molar-refractivity contribution < 1.29 is 17.9 Å². The molecule has 2 N–H and O–H groups in total. The summed E-state index contributed by atoms with van der Waals surface area (Å²) in [4.78, 5) is 13.3. The summed E-state index contributed by atoms with van der Waals surface area (Å²) >= 11 is 0. The van der Waals surface area contributed by atoms with Crippen LogP contribution in [0.25, 0.3) is 10.9 Å². The van der Waals surface area contributed by atoms with Gasteiger partial charge in [-0.2, -0.15) is 0 Å². The van der Waals surface area contributed by atoms with Crippen molar-refractivity contribution in [3.05, 3.63) is 53.2 Å². The van der Waals surface area contributed by atoms with E-state index in [-0.39, 0.29) is 11.7 Å². The van der Waals surface area contributed by atoms with Crippen molar-refractivity contribution in [3.8, 4) is 0 Å². The minimum atomic E-state index is -2.88. The molecule has 164 valence electrons. The highest BCUT2D eigenvalue weighted by Crippen LogP contribution is 2.30. The van der Waals surface area contributed by atoms with Crippen LogP contribution in [0.1, 0.15) is 49.2 Å². The number of alkyl halides is 2. The first-order valence-electron chi connectivity index (χ1n) is 10.2. The number of ether oxygens (including phenoxy) is 1. The Morgan fingerprint density at radius 3 is 2.77 bits per heavy atom. The van der Waals surface area contributed by atoms with Crippen LogP contribution in [0, 0.1) is 12.7 Å². The number of rotatable bonds is 7. The minimum absolute atomic E-state index is 0.146. The fourth-order valence-corrected chi connectivity index (χ4v) is 3.73. The summed E-state index contributed by atoms with van der Waals surface area (Å²) in [7, 11) is 0. The van der Waals surface area contributed by atoms with Gasteiger partial charge in [-0.15, -0.1) is 0 Å². The van der Waals surface area contributed by atoms with Crippen molar-refractivity contribution >= 4 is 22.5 Å². The fourth-order valence-electron chi connectivity index (χ4n) is 3.73. The standard InChI is InChI=1S/C22H24F3N5O/c1-12(15-6-3-7-16(20(15)23)21(24)25)28-22-17-9-19(26-10-14-5-4-8-31-14)27-11-18(17)29-13(2)30-22/h3,6-7,9,11-12,14,21H,4-5,8,10H2,1-2H3,(H,26,27)(H,28,29,30)/t12-,14-/m1/s1. The molecule has 1 aromatic carbocycles. The van der Waals surface area contributed by atoms with E-state index < -0.39 is 23.8 Å². The zero-order valence-corrected chi connectivity index (χ0v) is 17.3. The molecule has 9 heteroatoms. The van der Waals surface area contributed by atoms with Crippen LogP contribution in [-0.4, -0.2) is 34.2 Å². The maximum atomic E-state index is 14.6. The zero-order chi connectivity index (χ0) is 22.0. The van der Waals surface area contributed by atoms with Crippen LogP contribution in [-0.2, 0) is 4.74 Å². The van der Waals surface area contributed by atoms with Crippen LogP contribution in [0.5, 0.6) is 0 Å². The third-order valence-electron chi connectivity index (χ3n) is 5.34. The molecule has 2 atom stereocenters. The summed E-state index contributed by atoms with van der Waals surface area (Å²) in [5.74, 6) is 0.746. The van der Waals surface area contributed by atoms with Crippen molar-refractivity contribution in [2.75, 3.05) is 23.8 Å². The number of halogens is 3. The second-order valence-electron chi connectivity index (χ2n) is 7.64. The number of nitrogens with one attached hydrogen (secondary N) is 2. The number of pyridine rings is 1. The first kappa shape index (κ1) is 21.3. The van der Waals surface area contributed by atoms with Crippen LogP contribution >= 0.6 is 0 Å². The molecular weight excluding hydrogens is 407 g/mol. The molecule has 3 aromatic rings. The highest BCUT2D eigenvalue weighted by Gasteiger charge is 2.21. The van der Waals surface area contributed by atoms with Crippen molar-refractivity contribution in [2.45, 2.75) is 45.3 Å². The zero-order valence-electron chi connectivity index (χ0n) is 17.3. The summed E-state index contributed by atoms with van der Waals surface area (Å²) in [6.07, 6.45) is 0.999. The van der Waals surface area contributed by atoms with Gasteiger partial charge in [0.1, 0.15) is 23.3 Å². The summed E-state index contributed by atoms with van der Waals surface area (Å²) in [5, 5.41) is 7.13. The predicted molar refractivity (Wildman–Crippen MR) is 113 cm³/mol. The topological polar surface area (TPSA) is 72.0 Å². The average molecular weight is 431 g/mol. The van der Waals surface area contributed by atoms with Gasteiger partial charge in [0.05, 0.1) is 29.4 Å². The van der Waals surface area contributed by atoms with Crippen LogP contribution in [0.15, 0.2) is 30.5 Å². The lowest BCUT2D eigenvalue weighted by molar-refractivity contribution is 0.120. The number of hydrogen-bond donors (Lipinski definition) is 2. The van der Waals surface area contributed by atoms with Crippen molar-refractivity contribution in [2.24, 2.45) is 0 Å². The number of anilines is 2. The second-order valence-corrected chi connectivity index (χ2v) is 7.64. The van der Waals surface area contributed by atoms with E-state index in [1.54, 1.807) is 20.0 Å². The van der Waals surface area contributed by atoms with E-state index in [1.165, 1.54) is 12.1 Å². The molecule has 31 heavy (non-hydrogen) atoms. The molecule has 2 aromatic heterocycles. The van der Waals surface area contributed by atoms with E-state index >= 15 is 0 Å². The van der Waals surface area contributed by atoms with Gasteiger partial charge in [-0.1, -0.05) is 18.2 Å². The van der Waals surface area contributed by atoms with E-state index in [0.717, 1.165) is 25.5 Å². The first-order chi connectivity index (χ1) is 14.9. The molecule has 4 rings (SSSR count). The summed E-state index contributed by atoms with van der Waals surface area (Å²) in [5.41, 5.74) is 0.166. The van der Waals surface area contributed by atoms with Gasteiger partial charge in [0, 0.05) is 24.1 Å². The Morgan fingerprint density at radius 2 is 2.03 bits per heavy atom. The van der Waals surface area contributed by atoms with Crippen LogP contribution < -0.4 is 10.6 Å². The van der Waals surface area contributed by atoms with Crippen molar-refractivity contribution in [1.82, 2.24) is 15.0 Å². The molecule has 0 aliphatic carbocycles. The highest BCUT2D eigenvalue weighted by atomic mass is 19.3. The summed E-state index contributed by atoms with van der Waals surface area (Å²) in [6.45, 7) is 4.88. The lowest BCUT2D eigenvalue weighted by Gasteiger charge is -2.19. The number of fused-ring (bicyclic) bond motifs is 1. The largest absolute Gasteiger partial charge is 0.376 e. The highest BCUT2D eigenvalue weighted by molar-refractivity contribution is 5.90. The molecule has 1 saturated heterocycles. The quantitative estimate of drug-likeness (QED) is 0.538. The molecule has 0 spiro atoms. The smallest absolute Gasteiger partial charge is 0.266 e. The number of benzene rings is 1. The second kappa shape index (κ2) is 9.05. The molecule has 6 nitrogen and oxygen atoms in total. The third-order valence-corrected chi connectivity index (χ3v) is 5.34. The minimum Gasteiger partial charge on any atom is -0.376 e. The third kappa shape index (κ3) is 4.71. The molecule has 0 saturated carbocycles. The summed E-state index contributed by atoms with van der Waals surface area (Å²) in [6, 6.07) is 5.25. The number of aryl methyl sites for hydroxylation is 1. The molecule has 1 aliphatic rings. The monoisotopic (exact) mass is 431 g/mol. The Balaban J connectivity index is 1.61. The molecule has 1 fully saturated rings. The maximum absolute atomic E-state index is 14.6. The number of nitrogens with zero attached hydrogens (tertiary/aromatic N) is 3. The van der Waals surface area contributed by atoms with Gasteiger partial charge in [0.15, 0.2) is 0 Å². The Labute approximate surface area is 178 Å². The lowest BCUT2D eigenvalue weighted by Crippen LogP contribution is -2.19. The van der Waals surface area contributed by atoms with Gasteiger partial charge in [0.25, 0.3) is 6.43 Å². The molecular formula is C22H24F3N5O. The van der Waals surface area contributed by atoms with Gasteiger partial charge in [-0.3, -0.25) is 0 Å². The van der Waals surface area contributed by atoms with Gasteiger partial charge >= 0.3 is 0 Å². The summed E-state index contributed by atoms with van der Waals surface area (Å²) < 4.78 is 46.4. The van der Waals surface area contributed by atoms with Crippen LogP contribution in [0.4, 0.5) is 24.8 Å². The van der Waals surface area contributed by atoms with Gasteiger partial charge in [-0.05, 0) is 32.8 Å². The molecule has 0 radical (unpaired) electrons. The van der Waals surface area contributed by atoms with E-state index in [4.69, 9.17) is 4.74 Å². The molecule has 0 amide bonds. The normalized spacial score (nSPS) is 17.3. The molecule has 1 aliphatic heterocycles. The Hall–Kier alpha value is -2.94. The molecule has 0 bridgehead atoms. The van der Waals surface area contributed by atoms with Gasteiger partial charge < -0.3 is 15.4 Å². The van der Waals surface area contributed by atoms with E-state index in [1.807, 2.05) is 6.07 Å². The first-order valence-corrected chi connectivity index (χ1v) is 10.2. The Morgan fingerprint density at radius 1 is 1.23 bits per heavy atom. The molecule has 0 unspecified atom stereocenters. The van der Waals surface area contributed by atoms with Crippen LogP contribution in [0.3, 0.4) is 0 Å². The van der Waals surface area contributed by atoms with E-state index in [9.17, 15) is 13.2 Å². The average Bonchev–Trinajstić information content (AvgIpc) is 3.26. The Bertz CT molecular complexity index is 1070. The number of hydrogen-bond acceptors (Lipinski definition) is 6. The number of aromatic nitrogens is 3. The Kier molecular flexibility index (Phi) is 6.22. The fraction of sp³-hybridized carbons (Fsp3) is 0.409. The molecule has 3 heterocycles. The predicted octanol–water partition coefficient (Wildman–Crippen LogP) is 5.17. The van der Waals surface area contributed by atoms with Gasteiger partial charge in [-0.25, -0.2) is 28.1 Å². The van der Waals surface area contributed by atoms with E-state index in [2.05, 4.69) is 25.6 Å². The maximum Gasteiger partial charge on any atom is 0.266 e. The lowest BCUT2D eigenvalue weighted by atomic mass is 10.0. The van der Waals surface area contributed by atoms with Crippen LogP contribution in [0.2, 0.25) is 0 Å². The SMILES string of the molecule is Cc1nc(N[C@H](C)c2cccc(C(F)F)c2F)c2cc(NC[C@H]3CCCO3)ncc2n1. The van der Waals surface area contributed by atoms with Crippen molar-refractivity contribution in [1.29, 1.82) is 0 Å². The van der Waals surface area contributed by atoms with Gasteiger partial charge in [0.2, 0.25) is 0 Å². The van der Waals surface area contributed by atoms with E-state index in [0.29, 0.717) is 34.9 Å².